The standard InChI is InChI=1S/C23H41O7P/c1-3-14-21(24)15-12-10-8-6-4-5-7-9-11-13-16-28-31(26)29-18-20-17-27-23(25)22(20)19(2)30-31/h20-21,24H,3-18H2,1-2H3/t20-,21-,31-/m1/s1. The van der Waals surface area contributed by atoms with Crippen LogP contribution in [0.3, 0.4) is 0 Å². The van der Waals surface area contributed by atoms with Crippen LogP contribution >= 0.6 is 7.82 Å². The topological polar surface area (TPSA) is 91.3 Å². The molecular formula is C23H41O7P. The van der Waals surface area contributed by atoms with Crippen LogP contribution in [0, 0.1) is 5.92 Å². The monoisotopic (exact) mass is 460 g/mol. The highest BCUT2D eigenvalue weighted by Crippen LogP contribution is 2.54. The molecule has 7 nitrogen and oxygen atoms in total. The Bertz CT molecular complexity index is 619. The van der Waals surface area contributed by atoms with Crippen molar-refractivity contribution in [1.82, 2.24) is 0 Å². The van der Waals surface area contributed by atoms with Crippen molar-refractivity contribution in [3.05, 3.63) is 11.3 Å². The summed E-state index contributed by atoms with van der Waals surface area (Å²) >= 11 is 0. The van der Waals surface area contributed by atoms with Gasteiger partial charge in [-0.3, -0.25) is 9.05 Å². The fraction of sp³-hybridized carbons (Fsp3) is 0.870. The predicted octanol–water partition coefficient (Wildman–Crippen LogP) is 6.06. The molecular weight excluding hydrogens is 419 g/mol. The Morgan fingerprint density at radius 1 is 1.00 bits per heavy atom. The lowest BCUT2D eigenvalue weighted by atomic mass is 10.0. The van der Waals surface area contributed by atoms with Gasteiger partial charge in [0.1, 0.15) is 12.4 Å². The number of aliphatic hydroxyl groups excluding tert-OH is 1. The minimum absolute atomic E-state index is 0.104. The third-order valence-corrected chi connectivity index (χ3v) is 7.37. The number of unbranched alkanes of at least 4 members (excludes halogenated alkanes) is 9. The molecule has 0 unspecified atom stereocenters. The summed E-state index contributed by atoms with van der Waals surface area (Å²) < 4.78 is 33.9. The van der Waals surface area contributed by atoms with E-state index in [2.05, 4.69) is 6.92 Å². The van der Waals surface area contributed by atoms with Crippen molar-refractivity contribution < 1.29 is 32.8 Å². The Morgan fingerprint density at radius 3 is 2.26 bits per heavy atom. The maximum Gasteiger partial charge on any atom is 0.529 e. The molecule has 31 heavy (non-hydrogen) atoms. The second-order valence-corrected chi connectivity index (χ2v) is 10.3. The maximum atomic E-state index is 12.7. The fourth-order valence-electron chi connectivity index (χ4n) is 4.10. The molecule has 3 atom stereocenters. The van der Waals surface area contributed by atoms with E-state index < -0.39 is 13.8 Å². The Morgan fingerprint density at radius 2 is 1.61 bits per heavy atom. The highest BCUT2D eigenvalue weighted by molar-refractivity contribution is 7.48. The molecule has 0 saturated carbocycles. The number of esters is 1. The summed E-state index contributed by atoms with van der Waals surface area (Å²) in [5, 5.41) is 9.71. The van der Waals surface area contributed by atoms with Crippen molar-refractivity contribution in [2.24, 2.45) is 5.92 Å². The van der Waals surface area contributed by atoms with Gasteiger partial charge in [0.05, 0.1) is 30.8 Å². The minimum Gasteiger partial charge on any atom is -0.461 e. The van der Waals surface area contributed by atoms with Gasteiger partial charge in [-0.05, 0) is 26.2 Å². The number of ether oxygens (including phenoxy) is 1. The summed E-state index contributed by atoms with van der Waals surface area (Å²) in [5.74, 6) is -0.379. The number of cyclic esters (lactones) is 1. The zero-order valence-electron chi connectivity index (χ0n) is 19.3. The van der Waals surface area contributed by atoms with Gasteiger partial charge in [0.2, 0.25) is 0 Å². The summed E-state index contributed by atoms with van der Waals surface area (Å²) in [6, 6.07) is 0. The summed E-state index contributed by atoms with van der Waals surface area (Å²) in [4.78, 5) is 11.7. The van der Waals surface area contributed by atoms with Crippen LogP contribution < -0.4 is 0 Å². The van der Waals surface area contributed by atoms with Crippen molar-refractivity contribution in [3.63, 3.8) is 0 Å². The Kier molecular flexibility index (Phi) is 12.2. The summed E-state index contributed by atoms with van der Waals surface area (Å²) in [7, 11) is -3.67. The van der Waals surface area contributed by atoms with Crippen molar-refractivity contribution >= 4 is 13.8 Å². The summed E-state index contributed by atoms with van der Waals surface area (Å²) in [6.07, 6.45) is 14.4. The van der Waals surface area contributed by atoms with E-state index in [0.717, 1.165) is 44.9 Å². The van der Waals surface area contributed by atoms with Gasteiger partial charge in [0.15, 0.2) is 0 Å². The molecule has 0 spiro atoms. The lowest BCUT2D eigenvalue weighted by Gasteiger charge is -2.17. The van der Waals surface area contributed by atoms with Crippen LogP contribution in [0.5, 0.6) is 0 Å². The van der Waals surface area contributed by atoms with Gasteiger partial charge in [-0.25, -0.2) is 9.36 Å². The molecule has 2 rings (SSSR count). The number of fused-ring (bicyclic) bond motifs is 1. The Balaban J connectivity index is 1.44. The highest BCUT2D eigenvalue weighted by atomic mass is 31.2. The summed E-state index contributed by atoms with van der Waals surface area (Å²) in [6.45, 7) is 4.38. The summed E-state index contributed by atoms with van der Waals surface area (Å²) in [5.41, 5.74) is 0.412. The average Bonchev–Trinajstić information content (AvgIpc) is 3.04. The molecule has 8 heteroatoms. The third-order valence-electron chi connectivity index (χ3n) is 5.91. The van der Waals surface area contributed by atoms with Crippen LogP contribution in [0.4, 0.5) is 0 Å². The first-order chi connectivity index (χ1) is 14.9. The molecule has 0 radical (unpaired) electrons. The maximum absolute atomic E-state index is 12.7. The van der Waals surface area contributed by atoms with E-state index in [9.17, 15) is 14.5 Å². The van der Waals surface area contributed by atoms with Gasteiger partial charge in [-0.2, -0.15) is 0 Å². The molecule has 1 fully saturated rings. The smallest absolute Gasteiger partial charge is 0.461 e. The van der Waals surface area contributed by atoms with Gasteiger partial charge < -0.3 is 14.4 Å². The van der Waals surface area contributed by atoms with Crippen LogP contribution in [-0.4, -0.2) is 37.0 Å². The first kappa shape index (κ1) is 26.4. The van der Waals surface area contributed by atoms with E-state index in [1.165, 1.54) is 38.5 Å². The van der Waals surface area contributed by atoms with E-state index in [-0.39, 0.29) is 31.0 Å². The molecule has 0 bridgehead atoms. The normalized spacial score (nSPS) is 24.5. The van der Waals surface area contributed by atoms with Crippen molar-refractivity contribution in [2.75, 3.05) is 19.8 Å². The highest BCUT2D eigenvalue weighted by Gasteiger charge is 2.42. The van der Waals surface area contributed by atoms with Crippen LogP contribution in [0.25, 0.3) is 0 Å². The Hall–Kier alpha value is -0.880. The van der Waals surface area contributed by atoms with Crippen molar-refractivity contribution in [3.8, 4) is 0 Å². The van der Waals surface area contributed by atoms with Gasteiger partial charge in [0.25, 0.3) is 0 Å². The Labute approximate surface area is 187 Å². The van der Waals surface area contributed by atoms with Crippen molar-refractivity contribution in [2.45, 2.75) is 103 Å². The fourth-order valence-corrected chi connectivity index (χ4v) is 5.43. The number of carbonyl (C=O) groups excluding carboxylic acids is 1. The van der Waals surface area contributed by atoms with Gasteiger partial charge in [-0.15, -0.1) is 0 Å². The molecule has 2 aliphatic rings. The largest absolute Gasteiger partial charge is 0.529 e. The lowest BCUT2D eigenvalue weighted by Crippen LogP contribution is -2.10. The zero-order valence-corrected chi connectivity index (χ0v) is 20.2. The molecule has 1 saturated heterocycles. The van der Waals surface area contributed by atoms with E-state index >= 15 is 0 Å². The van der Waals surface area contributed by atoms with Gasteiger partial charge in [-0.1, -0.05) is 71.1 Å². The molecule has 0 aromatic heterocycles. The number of carbonyl (C=O) groups is 1. The van der Waals surface area contributed by atoms with E-state index in [4.69, 9.17) is 18.3 Å². The molecule has 0 aliphatic carbocycles. The molecule has 2 aliphatic heterocycles. The number of rotatable bonds is 16. The van der Waals surface area contributed by atoms with E-state index in [1.54, 1.807) is 6.92 Å². The second kappa shape index (κ2) is 14.3. The molecule has 0 aromatic carbocycles. The number of allylic oxidation sites excluding steroid dienone is 1. The first-order valence-electron chi connectivity index (χ1n) is 12.1. The van der Waals surface area contributed by atoms with Crippen molar-refractivity contribution in [1.29, 1.82) is 0 Å². The SMILES string of the molecule is CCC[C@@H](O)CCCCCCCCCCCCO[P@]1(=O)OC[C@H]2COC(=O)C2=C(C)O1. The second-order valence-electron chi connectivity index (χ2n) is 8.70. The van der Waals surface area contributed by atoms with Crippen LogP contribution in [0.2, 0.25) is 0 Å². The minimum atomic E-state index is -3.67. The number of phosphoric ester groups is 1. The number of hydrogen-bond acceptors (Lipinski definition) is 7. The van der Waals surface area contributed by atoms with Crippen LogP contribution in [0.1, 0.15) is 97.3 Å². The average molecular weight is 461 g/mol. The third kappa shape index (κ3) is 9.65. The van der Waals surface area contributed by atoms with Gasteiger partial charge in [0, 0.05) is 0 Å². The van der Waals surface area contributed by atoms with Crippen LogP contribution in [0.15, 0.2) is 11.3 Å². The number of phosphoric acid groups is 1. The van der Waals surface area contributed by atoms with Crippen LogP contribution in [-0.2, 0) is 27.7 Å². The van der Waals surface area contributed by atoms with E-state index in [1.807, 2.05) is 0 Å². The number of hydrogen-bond donors (Lipinski definition) is 1. The zero-order chi connectivity index (χ0) is 22.5. The van der Waals surface area contributed by atoms with Gasteiger partial charge >= 0.3 is 13.8 Å². The molecule has 180 valence electrons. The number of aliphatic hydroxyl groups is 1. The molecule has 0 amide bonds. The lowest BCUT2D eigenvalue weighted by molar-refractivity contribution is -0.135. The molecule has 0 aromatic rings. The molecule has 1 N–H and O–H groups in total. The quantitative estimate of drug-likeness (QED) is 0.170. The van der Waals surface area contributed by atoms with E-state index in [0.29, 0.717) is 12.2 Å². The molecule has 2 heterocycles. The first-order valence-corrected chi connectivity index (χ1v) is 13.6. The predicted molar refractivity (Wildman–Crippen MR) is 119 cm³/mol.